The highest BCUT2D eigenvalue weighted by Gasteiger charge is 2.12. The molecular formula is C12H13BrN4O3S. The Balaban J connectivity index is 1.91. The molecule has 0 saturated heterocycles. The molecule has 0 radical (unpaired) electrons. The van der Waals surface area contributed by atoms with Gasteiger partial charge in [-0.3, -0.25) is 9.48 Å². The zero-order valence-corrected chi connectivity index (χ0v) is 13.5. The first-order valence-corrected chi connectivity index (χ1v) is 7.60. The summed E-state index contributed by atoms with van der Waals surface area (Å²) < 4.78 is 2.24. The van der Waals surface area contributed by atoms with Crippen LogP contribution in [0.5, 0.6) is 0 Å². The molecule has 0 fully saturated rings. The normalized spacial score (nSPS) is 10.4. The number of carbonyl (C=O) groups excluding carboxylic acids is 1. The number of aliphatic carboxylic acids is 1. The number of hydrogen-bond donors (Lipinski definition) is 2. The number of aromatic nitrogens is 2. The number of anilines is 1. The van der Waals surface area contributed by atoms with Crippen LogP contribution in [0.25, 0.3) is 0 Å². The molecule has 0 atom stereocenters. The maximum atomic E-state index is 12.0. The summed E-state index contributed by atoms with van der Waals surface area (Å²) >= 11 is 4.93. The number of halogens is 1. The molecule has 2 rings (SSSR count). The number of hydrogen-bond acceptors (Lipinski definition) is 4. The number of carboxylic acid groups (broad SMARTS) is 1. The van der Waals surface area contributed by atoms with Gasteiger partial charge in [0.25, 0.3) is 0 Å². The molecule has 0 aliphatic carbocycles. The smallest absolute Gasteiger partial charge is 0.325 e. The van der Waals surface area contributed by atoms with Crippen LogP contribution in [0.3, 0.4) is 0 Å². The van der Waals surface area contributed by atoms with E-state index in [0.29, 0.717) is 12.2 Å². The van der Waals surface area contributed by atoms with Crippen LogP contribution in [0.4, 0.5) is 10.5 Å². The first-order valence-electron chi connectivity index (χ1n) is 5.93. The topological polar surface area (TPSA) is 87.5 Å². The summed E-state index contributed by atoms with van der Waals surface area (Å²) in [7, 11) is 1.69. The third kappa shape index (κ3) is 4.57. The summed E-state index contributed by atoms with van der Waals surface area (Å²) in [5, 5.41) is 17.1. The quantitative estimate of drug-likeness (QED) is 0.843. The zero-order chi connectivity index (χ0) is 15.4. The highest BCUT2D eigenvalue weighted by Crippen LogP contribution is 2.21. The van der Waals surface area contributed by atoms with Gasteiger partial charge in [0.15, 0.2) is 0 Å². The Hall–Kier alpha value is -1.87. The summed E-state index contributed by atoms with van der Waals surface area (Å²) in [5.41, 5.74) is 0.459. The molecule has 112 valence electrons. The van der Waals surface area contributed by atoms with E-state index in [-0.39, 0.29) is 12.6 Å². The van der Waals surface area contributed by atoms with Gasteiger partial charge in [-0.1, -0.05) is 0 Å². The van der Waals surface area contributed by atoms with Gasteiger partial charge in [-0.15, -0.1) is 11.3 Å². The molecule has 2 aromatic heterocycles. The maximum Gasteiger partial charge on any atom is 0.325 e. The molecular weight excluding hydrogens is 360 g/mol. The van der Waals surface area contributed by atoms with Gasteiger partial charge in [-0.25, -0.2) is 4.79 Å². The number of thiophene rings is 1. The average molecular weight is 373 g/mol. The second-order valence-corrected chi connectivity index (χ2v) is 6.25. The molecule has 0 spiro atoms. The van der Waals surface area contributed by atoms with E-state index < -0.39 is 5.97 Å². The summed E-state index contributed by atoms with van der Waals surface area (Å²) in [6.07, 6.45) is 2.89. The lowest BCUT2D eigenvalue weighted by Gasteiger charge is -2.16. The van der Waals surface area contributed by atoms with Crippen molar-refractivity contribution in [2.45, 2.75) is 13.1 Å². The zero-order valence-electron chi connectivity index (χ0n) is 11.1. The average Bonchev–Trinajstić information content (AvgIpc) is 2.98. The van der Waals surface area contributed by atoms with Gasteiger partial charge in [0.2, 0.25) is 0 Å². The molecule has 2 heterocycles. The van der Waals surface area contributed by atoms with Crippen molar-refractivity contribution in [2.75, 3.05) is 12.4 Å². The van der Waals surface area contributed by atoms with E-state index >= 15 is 0 Å². The van der Waals surface area contributed by atoms with Crippen molar-refractivity contribution in [1.82, 2.24) is 14.7 Å². The van der Waals surface area contributed by atoms with Crippen molar-refractivity contribution in [1.29, 1.82) is 0 Å². The Kier molecular flexibility index (Phi) is 4.97. The predicted octanol–water partition coefficient (Wildman–Crippen LogP) is 2.46. The highest BCUT2D eigenvalue weighted by atomic mass is 79.9. The minimum atomic E-state index is -0.989. The Bertz CT molecular complexity index is 654. The van der Waals surface area contributed by atoms with Crippen LogP contribution >= 0.6 is 27.3 Å². The minimum absolute atomic E-state index is 0.241. The van der Waals surface area contributed by atoms with Crippen molar-refractivity contribution in [3.8, 4) is 0 Å². The van der Waals surface area contributed by atoms with Gasteiger partial charge in [0, 0.05) is 28.0 Å². The fourth-order valence-corrected chi connectivity index (χ4v) is 3.12. The SMILES string of the molecule is CN(Cc1cc(Br)cs1)C(=O)Nc1cnn(CC(=O)O)c1. The third-order valence-corrected chi connectivity index (χ3v) is 4.23. The van der Waals surface area contributed by atoms with Crippen LogP contribution in [-0.2, 0) is 17.9 Å². The largest absolute Gasteiger partial charge is 0.480 e. The molecule has 0 bridgehead atoms. The molecule has 0 saturated carbocycles. The van der Waals surface area contributed by atoms with Crippen LogP contribution in [0, 0.1) is 0 Å². The van der Waals surface area contributed by atoms with E-state index in [1.54, 1.807) is 18.4 Å². The highest BCUT2D eigenvalue weighted by molar-refractivity contribution is 9.10. The molecule has 2 aromatic rings. The second kappa shape index (κ2) is 6.72. The summed E-state index contributed by atoms with van der Waals surface area (Å²) in [6.45, 7) is 0.250. The molecule has 2 amide bonds. The first-order chi connectivity index (χ1) is 9.94. The van der Waals surface area contributed by atoms with E-state index in [1.807, 2.05) is 11.4 Å². The van der Waals surface area contributed by atoms with Crippen LogP contribution in [0.2, 0.25) is 0 Å². The van der Waals surface area contributed by atoms with Gasteiger partial charge >= 0.3 is 12.0 Å². The van der Waals surface area contributed by atoms with Gasteiger partial charge in [0.1, 0.15) is 6.54 Å². The van der Waals surface area contributed by atoms with Gasteiger partial charge in [-0.2, -0.15) is 5.10 Å². The number of carboxylic acids is 1. The fraction of sp³-hybridized carbons (Fsp3) is 0.250. The molecule has 2 N–H and O–H groups in total. The Labute approximate surface area is 133 Å². The van der Waals surface area contributed by atoms with Crippen LogP contribution in [0.15, 0.2) is 28.3 Å². The van der Waals surface area contributed by atoms with Crippen molar-refractivity contribution in [3.63, 3.8) is 0 Å². The van der Waals surface area contributed by atoms with Crippen molar-refractivity contribution >= 4 is 45.0 Å². The first kappa shape index (κ1) is 15.5. The van der Waals surface area contributed by atoms with Crippen LogP contribution < -0.4 is 5.32 Å². The van der Waals surface area contributed by atoms with Crippen molar-refractivity contribution in [3.05, 3.63) is 33.2 Å². The lowest BCUT2D eigenvalue weighted by Crippen LogP contribution is -2.30. The Morgan fingerprint density at radius 2 is 2.33 bits per heavy atom. The number of nitrogens with one attached hydrogen (secondary N) is 1. The predicted molar refractivity (Wildman–Crippen MR) is 82.4 cm³/mol. The van der Waals surface area contributed by atoms with Crippen molar-refractivity contribution < 1.29 is 14.7 Å². The van der Waals surface area contributed by atoms with E-state index in [9.17, 15) is 9.59 Å². The van der Waals surface area contributed by atoms with Crippen LogP contribution in [0.1, 0.15) is 4.88 Å². The van der Waals surface area contributed by atoms with E-state index in [1.165, 1.54) is 22.0 Å². The van der Waals surface area contributed by atoms with E-state index in [2.05, 4.69) is 26.3 Å². The van der Waals surface area contributed by atoms with E-state index in [4.69, 9.17) is 5.11 Å². The standard InChI is InChI=1S/C12H13BrN4O3S/c1-16(5-10-2-8(13)7-21-10)12(20)15-9-3-14-17(4-9)6-11(18)19/h2-4,7H,5-6H2,1H3,(H,15,20)(H,18,19). The molecule has 9 heteroatoms. The van der Waals surface area contributed by atoms with Gasteiger partial charge in [0.05, 0.1) is 18.4 Å². The number of urea groups is 1. The molecule has 21 heavy (non-hydrogen) atoms. The lowest BCUT2D eigenvalue weighted by molar-refractivity contribution is -0.137. The monoisotopic (exact) mass is 372 g/mol. The summed E-state index contributed by atoms with van der Waals surface area (Å²) in [4.78, 5) is 25.2. The fourth-order valence-electron chi connectivity index (χ4n) is 1.61. The molecule has 0 aliphatic heterocycles. The van der Waals surface area contributed by atoms with Crippen LogP contribution in [-0.4, -0.2) is 38.8 Å². The summed E-state index contributed by atoms with van der Waals surface area (Å²) in [5.74, 6) is -0.989. The molecule has 0 aromatic carbocycles. The van der Waals surface area contributed by atoms with Gasteiger partial charge in [-0.05, 0) is 22.0 Å². The number of nitrogens with zero attached hydrogens (tertiary/aromatic N) is 3. The number of amides is 2. The lowest BCUT2D eigenvalue weighted by atomic mass is 10.4. The molecule has 0 aliphatic rings. The molecule has 7 nitrogen and oxygen atoms in total. The van der Waals surface area contributed by atoms with E-state index in [0.717, 1.165) is 9.35 Å². The van der Waals surface area contributed by atoms with Crippen molar-refractivity contribution in [2.24, 2.45) is 0 Å². The Morgan fingerprint density at radius 3 is 2.95 bits per heavy atom. The Morgan fingerprint density at radius 1 is 1.57 bits per heavy atom. The third-order valence-electron chi connectivity index (χ3n) is 2.54. The van der Waals surface area contributed by atoms with Gasteiger partial charge < -0.3 is 15.3 Å². The minimum Gasteiger partial charge on any atom is -0.480 e. The summed E-state index contributed by atoms with van der Waals surface area (Å²) in [6, 6.07) is 1.67. The maximum absolute atomic E-state index is 12.0. The second-order valence-electron chi connectivity index (χ2n) is 4.34. The number of rotatable bonds is 5. The number of carbonyl (C=O) groups is 2. The molecule has 0 unspecified atom stereocenters.